The van der Waals surface area contributed by atoms with E-state index in [1.807, 2.05) is 55.1 Å². The highest BCUT2D eigenvalue weighted by Gasteiger charge is 2.19. The molecule has 3 heterocycles. The van der Waals surface area contributed by atoms with Crippen molar-refractivity contribution < 1.29 is 18.7 Å². The average Bonchev–Trinajstić information content (AvgIpc) is 3.32. The Morgan fingerprint density at radius 2 is 1.85 bits per heavy atom. The molecule has 4 rings (SSSR count). The fraction of sp³-hybridized carbons (Fsp3) is 0.462. The van der Waals surface area contributed by atoms with Crippen molar-refractivity contribution >= 4 is 5.91 Å². The minimum atomic E-state index is 0.0509. The van der Waals surface area contributed by atoms with Crippen LogP contribution in [0.2, 0.25) is 0 Å². The number of benzene rings is 1. The summed E-state index contributed by atoms with van der Waals surface area (Å²) in [4.78, 5) is 19.5. The van der Waals surface area contributed by atoms with Gasteiger partial charge in [0.25, 0.3) is 0 Å². The number of rotatable bonds is 4. The van der Waals surface area contributed by atoms with Crippen molar-refractivity contribution in [2.75, 3.05) is 13.2 Å². The molecular formula is C26H32N4O4. The predicted molar refractivity (Wildman–Crippen MR) is 127 cm³/mol. The molecule has 0 saturated carbocycles. The summed E-state index contributed by atoms with van der Waals surface area (Å²) in [6.45, 7) is 5.72. The highest BCUT2D eigenvalue weighted by Crippen LogP contribution is 2.32. The zero-order valence-corrected chi connectivity index (χ0v) is 19.9. The maximum absolute atomic E-state index is 13.2. The summed E-state index contributed by atoms with van der Waals surface area (Å²) in [5.74, 6) is 3.11. The van der Waals surface area contributed by atoms with Crippen LogP contribution in [0.1, 0.15) is 69.2 Å². The first kappa shape index (κ1) is 23.7. The van der Waals surface area contributed by atoms with Gasteiger partial charge in [0.1, 0.15) is 0 Å². The van der Waals surface area contributed by atoms with Gasteiger partial charge < -0.3 is 18.8 Å². The van der Waals surface area contributed by atoms with Crippen LogP contribution in [0.4, 0.5) is 0 Å². The first-order chi connectivity index (χ1) is 16.6. The molecule has 180 valence electrons. The topological polar surface area (TPSA) is 90.6 Å². The van der Waals surface area contributed by atoms with Gasteiger partial charge >= 0.3 is 0 Å². The van der Waals surface area contributed by atoms with Crippen molar-refractivity contribution in [3.05, 3.63) is 59.9 Å². The van der Waals surface area contributed by atoms with Crippen LogP contribution in [-0.2, 0) is 17.8 Å². The molecule has 0 fully saturated rings. The first-order valence-corrected chi connectivity index (χ1v) is 12.0. The molecule has 0 saturated heterocycles. The molecule has 34 heavy (non-hydrogen) atoms. The molecule has 1 amide bonds. The van der Waals surface area contributed by atoms with Gasteiger partial charge in [0.15, 0.2) is 11.5 Å². The Hall–Kier alpha value is -3.42. The number of aryl methyl sites for hydroxylation is 1. The van der Waals surface area contributed by atoms with Gasteiger partial charge in [-0.3, -0.25) is 4.79 Å². The minimum Gasteiger partial charge on any atom is -0.490 e. The number of hydrogen-bond acceptors (Lipinski definition) is 7. The number of hydrogen-bond donors (Lipinski definition) is 0. The summed E-state index contributed by atoms with van der Waals surface area (Å²) in [5, 5.41) is 8.15. The molecule has 1 aliphatic rings. The maximum Gasteiger partial charge on any atom is 0.224 e. The molecular weight excluding hydrogens is 432 g/mol. The van der Waals surface area contributed by atoms with Crippen LogP contribution in [0.25, 0.3) is 0 Å². The van der Waals surface area contributed by atoms with Crippen LogP contribution in [0.15, 0.2) is 47.0 Å². The van der Waals surface area contributed by atoms with Crippen molar-refractivity contribution in [2.24, 2.45) is 0 Å². The Kier molecular flexibility index (Phi) is 8.12. The van der Waals surface area contributed by atoms with E-state index in [0.29, 0.717) is 61.7 Å². The highest BCUT2D eigenvalue weighted by molar-refractivity contribution is 5.76. The summed E-state index contributed by atoms with van der Waals surface area (Å²) in [5.41, 5.74) is 0.850. The Morgan fingerprint density at radius 3 is 2.68 bits per heavy atom. The molecule has 0 unspecified atom stereocenters. The summed E-state index contributed by atoms with van der Waals surface area (Å²) in [7, 11) is 0. The molecule has 0 atom stereocenters. The van der Waals surface area contributed by atoms with Gasteiger partial charge in [0.2, 0.25) is 23.6 Å². The second kappa shape index (κ2) is 11.6. The van der Waals surface area contributed by atoms with Crippen LogP contribution in [0.3, 0.4) is 0 Å². The van der Waals surface area contributed by atoms with Gasteiger partial charge in [-0.2, -0.15) is 0 Å². The summed E-state index contributed by atoms with van der Waals surface area (Å²) >= 11 is 0. The third-order valence-electron chi connectivity index (χ3n) is 5.73. The molecule has 3 aromatic rings. The number of para-hydroxylation sites is 2. The summed E-state index contributed by atoms with van der Waals surface area (Å²) < 4.78 is 17.8. The largest absolute Gasteiger partial charge is 0.490 e. The lowest BCUT2D eigenvalue weighted by Gasteiger charge is -2.24. The zero-order chi connectivity index (χ0) is 23.8. The SMILES string of the molecule is CC(C)c1nnc(CCC(=O)N2CCCCCCOc3ccccc3Oc3ncccc3C2)o1. The van der Waals surface area contributed by atoms with E-state index in [1.165, 1.54) is 0 Å². The fourth-order valence-corrected chi connectivity index (χ4v) is 3.81. The molecule has 0 aliphatic carbocycles. The smallest absolute Gasteiger partial charge is 0.224 e. The van der Waals surface area contributed by atoms with E-state index in [0.717, 1.165) is 31.2 Å². The summed E-state index contributed by atoms with van der Waals surface area (Å²) in [6.07, 6.45) is 6.39. The van der Waals surface area contributed by atoms with E-state index < -0.39 is 0 Å². The van der Waals surface area contributed by atoms with Crippen molar-refractivity contribution in [3.8, 4) is 17.4 Å². The summed E-state index contributed by atoms with van der Waals surface area (Å²) in [6, 6.07) is 11.4. The number of fused-ring (bicyclic) bond motifs is 2. The Labute approximate surface area is 200 Å². The standard InChI is InChI=1S/C26H32N4O4/c1-19(2)25-29-28-23(34-25)13-14-24(31)30-16-7-3-4-8-17-32-21-11-5-6-12-22(21)33-26-20(18-30)10-9-15-27-26/h5-6,9-12,15,19H,3-4,7-8,13-14,16-18H2,1-2H3. The molecule has 0 radical (unpaired) electrons. The third kappa shape index (κ3) is 6.34. The number of ether oxygens (including phenoxy) is 2. The Balaban J connectivity index is 1.51. The van der Waals surface area contributed by atoms with Crippen molar-refractivity contribution in [2.45, 2.75) is 64.8 Å². The monoisotopic (exact) mass is 464 g/mol. The molecule has 8 heteroatoms. The van der Waals surface area contributed by atoms with Crippen molar-refractivity contribution in [1.29, 1.82) is 0 Å². The molecule has 2 aromatic heterocycles. The van der Waals surface area contributed by atoms with E-state index in [1.54, 1.807) is 6.20 Å². The molecule has 1 aromatic carbocycles. The average molecular weight is 465 g/mol. The van der Waals surface area contributed by atoms with Crippen molar-refractivity contribution in [3.63, 3.8) is 0 Å². The van der Waals surface area contributed by atoms with E-state index in [-0.39, 0.29) is 11.8 Å². The maximum atomic E-state index is 13.2. The number of carbonyl (C=O) groups excluding carboxylic acids is 1. The van der Waals surface area contributed by atoms with Gasteiger partial charge in [-0.05, 0) is 31.0 Å². The molecule has 0 N–H and O–H groups in total. The molecule has 0 bridgehead atoms. The number of carbonyl (C=O) groups is 1. The number of aromatic nitrogens is 3. The Morgan fingerprint density at radius 1 is 1.03 bits per heavy atom. The zero-order valence-electron chi connectivity index (χ0n) is 19.9. The lowest BCUT2D eigenvalue weighted by atomic mass is 10.1. The van der Waals surface area contributed by atoms with Gasteiger partial charge in [-0.15, -0.1) is 10.2 Å². The number of amides is 1. The molecule has 1 aliphatic heterocycles. The van der Waals surface area contributed by atoms with E-state index in [4.69, 9.17) is 13.9 Å². The van der Waals surface area contributed by atoms with E-state index >= 15 is 0 Å². The molecule has 8 nitrogen and oxygen atoms in total. The lowest BCUT2D eigenvalue weighted by Crippen LogP contribution is -2.32. The van der Waals surface area contributed by atoms with Crippen LogP contribution in [0, 0.1) is 0 Å². The van der Waals surface area contributed by atoms with E-state index in [9.17, 15) is 4.79 Å². The van der Waals surface area contributed by atoms with Gasteiger partial charge in [0.05, 0.1) is 13.2 Å². The Bertz CT molecular complexity index is 1080. The third-order valence-corrected chi connectivity index (χ3v) is 5.73. The quantitative estimate of drug-likeness (QED) is 0.518. The lowest BCUT2D eigenvalue weighted by molar-refractivity contribution is -0.132. The normalized spacial score (nSPS) is 15.0. The van der Waals surface area contributed by atoms with Gasteiger partial charge in [0, 0.05) is 37.1 Å². The second-order valence-electron chi connectivity index (χ2n) is 8.78. The van der Waals surface area contributed by atoms with Crippen LogP contribution in [-0.4, -0.2) is 39.1 Å². The number of nitrogens with zero attached hydrogens (tertiary/aromatic N) is 4. The second-order valence-corrected chi connectivity index (χ2v) is 8.78. The van der Waals surface area contributed by atoms with Crippen LogP contribution in [0.5, 0.6) is 17.4 Å². The molecule has 0 spiro atoms. The first-order valence-electron chi connectivity index (χ1n) is 12.0. The highest BCUT2D eigenvalue weighted by atomic mass is 16.5. The number of pyridine rings is 1. The minimum absolute atomic E-state index is 0.0509. The van der Waals surface area contributed by atoms with Gasteiger partial charge in [-0.1, -0.05) is 44.9 Å². The predicted octanol–water partition coefficient (Wildman–Crippen LogP) is 5.29. The van der Waals surface area contributed by atoms with Crippen LogP contribution < -0.4 is 9.47 Å². The van der Waals surface area contributed by atoms with Crippen molar-refractivity contribution in [1.82, 2.24) is 20.1 Å². The van der Waals surface area contributed by atoms with Gasteiger partial charge in [-0.25, -0.2) is 4.98 Å². The fourth-order valence-electron chi connectivity index (χ4n) is 3.81. The van der Waals surface area contributed by atoms with E-state index in [2.05, 4.69) is 15.2 Å². The van der Waals surface area contributed by atoms with Crippen LogP contribution >= 0.6 is 0 Å².